The van der Waals surface area contributed by atoms with Gasteiger partial charge in [0.25, 0.3) is 5.91 Å². The van der Waals surface area contributed by atoms with E-state index < -0.39 is 5.97 Å². The van der Waals surface area contributed by atoms with Crippen LogP contribution in [0.4, 0.5) is 5.69 Å². The number of rotatable bonds is 3. The minimum absolute atomic E-state index is 0.0204. The van der Waals surface area contributed by atoms with Crippen molar-refractivity contribution in [2.45, 2.75) is 19.4 Å². The molecule has 3 rings (SSSR count). The molecule has 1 N–H and O–H groups in total. The highest BCUT2D eigenvalue weighted by Crippen LogP contribution is 2.32. The zero-order chi connectivity index (χ0) is 17.3. The summed E-state index contributed by atoms with van der Waals surface area (Å²) < 4.78 is 5.73. The molecule has 1 aliphatic rings. The highest BCUT2D eigenvalue weighted by molar-refractivity contribution is 9.10. The highest BCUT2D eigenvalue weighted by Gasteiger charge is 2.31. The normalized spacial score (nSPS) is 15.9. The zero-order valence-corrected chi connectivity index (χ0v) is 14.6. The number of phenolic OH excluding ortho intramolecular Hbond substituents is 1. The maximum Gasteiger partial charge on any atom is 0.342 e. The summed E-state index contributed by atoms with van der Waals surface area (Å²) in [5, 5.41) is 9.74. The van der Waals surface area contributed by atoms with E-state index >= 15 is 0 Å². The van der Waals surface area contributed by atoms with Gasteiger partial charge < -0.3 is 14.7 Å². The van der Waals surface area contributed by atoms with Crippen LogP contribution in [0.2, 0.25) is 0 Å². The number of carbonyl (C=O) groups is 2. The van der Waals surface area contributed by atoms with Crippen molar-refractivity contribution in [3.8, 4) is 5.75 Å². The van der Waals surface area contributed by atoms with Crippen LogP contribution in [0.15, 0.2) is 46.9 Å². The molecule has 124 valence electrons. The number of fused-ring (bicyclic) bond motifs is 1. The van der Waals surface area contributed by atoms with Crippen LogP contribution in [0.3, 0.4) is 0 Å². The van der Waals surface area contributed by atoms with E-state index in [1.54, 1.807) is 11.0 Å². The molecule has 2 aromatic rings. The first-order valence-corrected chi connectivity index (χ1v) is 8.32. The number of hydrogen-bond acceptors (Lipinski definition) is 4. The molecule has 1 atom stereocenters. The molecule has 0 bridgehead atoms. The number of amides is 1. The second-order valence-electron chi connectivity index (χ2n) is 5.68. The second kappa shape index (κ2) is 6.65. The number of phenols is 1. The van der Waals surface area contributed by atoms with Crippen molar-refractivity contribution in [2.75, 3.05) is 11.5 Å². The van der Waals surface area contributed by atoms with Crippen LogP contribution in [0.5, 0.6) is 5.75 Å². The molecule has 0 saturated carbocycles. The number of hydrogen-bond donors (Lipinski definition) is 1. The predicted octanol–water partition coefficient (Wildman–Crippen LogP) is 3.29. The lowest BCUT2D eigenvalue weighted by molar-refractivity contribution is -0.122. The Balaban J connectivity index is 1.70. The van der Waals surface area contributed by atoms with E-state index in [1.165, 1.54) is 12.1 Å². The monoisotopic (exact) mass is 389 g/mol. The third kappa shape index (κ3) is 3.14. The Morgan fingerprint density at radius 2 is 2.04 bits per heavy atom. The molecule has 1 amide bonds. The molecular weight excluding hydrogens is 374 g/mol. The van der Waals surface area contributed by atoms with Crippen LogP contribution in [0.25, 0.3) is 0 Å². The zero-order valence-electron chi connectivity index (χ0n) is 13.0. The Morgan fingerprint density at radius 1 is 1.29 bits per heavy atom. The van der Waals surface area contributed by atoms with Gasteiger partial charge in [-0.3, -0.25) is 4.79 Å². The van der Waals surface area contributed by atoms with E-state index in [9.17, 15) is 14.7 Å². The molecule has 0 aliphatic carbocycles. The van der Waals surface area contributed by atoms with Gasteiger partial charge in [0.1, 0.15) is 11.3 Å². The summed E-state index contributed by atoms with van der Waals surface area (Å²) in [5.74, 6) is -1.20. The smallest absolute Gasteiger partial charge is 0.342 e. The van der Waals surface area contributed by atoms with Crippen molar-refractivity contribution in [1.29, 1.82) is 0 Å². The maximum absolute atomic E-state index is 12.5. The third-order valence-corrected chi connectivity index (χ3v) is 4.47. The molecule has 0 radical (unpaired) electrons. The van der Waals surface area contributed by atoms with Crippen LogP contribution < -0.4 is 4.90 Å². The number of aromatic hydroxyl groups is 1. The number of para-hydroxylation sites is 1. The fraction of sp³-hybridized carbons (Fsp3) is 0.222. The van der Waals surface area contributed by atoms with Gasteiger partial charge in [0.2, 0.25) is 0 Å². The Bertz CT molecular complexity index is 805. The van der Waals surface area contributed by atoms with E-state index in [-0.39, 0.29) is 29.9 Å². The summed E-state index contributed by atoms with van der Waals surface area (Å²) in [6.07, 6.45) is 0.780. The molecule has 2 aromatic carbocycles. The van der Waals surface area contributed by atoms with Crippen LogP contribution in [0.1, 0.15) is 22.8 Å². The molecule has 0 fully saturated rings. The van der Waals surface area contributed by atoms with Crippen molar-refractivity contribution in [3.63, 3.8) is 0 Å². The topological polar surface area (TPSA) is 66.8 Å². The average molecular weight is 390 g/mol. The van der Waals surface area contributed by atoms with E-state index in [2.05, 4.69) is 15.9 Å². The van der Waals surface area contributed by atoms with Crippen LogP contribution in [0, 0.1) is 0 Å². The molecule has 0 unspecified atom stereocenters. The van der Waals surface area contributed by atoms with Gasteiger partial charge in [0, 0.05) is 16.2 Å². The third-order valence-electron chi connectivity index (χ3n) is 3.98. The molecule has 0 saturated heterocycles. The van der Waals surface area contributed by atoms with Gasteiger partial charge in [0.05, 0.1) is 0 Å². The largest absolute Gasteiger partial charge is 0.507 e. The summed E-state index contributed by atoms with van der Waals surface area (Å²) in [6.45, 7) is 1.59. The fourth-order valence-electron chi connectivity index (χ4n) is 2.89. The van der Waals surface area contributed by atoms with Gasteiger partial charge in [-0.25, -0.2) is 4.79 Å². The minimum Gasteiger partial charge on any atom is -0.507 e. The lowest BCUT2D eigenvalue weighted by atomic mass is 10.1. The Kier molecular flexibility index (Phi) is 4.57. The summed E-state index contributed by atoms with van der Waals surface area (Å²) in [5.41, 5.74) is 1.98. The van der Waals surface area contributed by atoms with Crippen molar-refractivity contribution in [2.24, 2.45) is 0 Å². The standard InChI is InChI=1S/C18H16BrNO4/c1-11-8-12-4-2-3-5-15(12)20(11)17(22)10-24-18(23)14-9-13(19)6-7-16(14)21/h2-7,9,11,21H,8,10H2,1H3/t11-/m0/s1. The Hall–Kier alpha value is -2.34. The highest BCUT2D eigenvalue weighted by atomic mass is 79.9. The van der Waals surface area contributed by atoms with Crippen molar-refractivity contribution < 1.29 is 19.4 Å². The first-order chi connectivity index (χ1) is 11.5. The van der Waals surface area contributed by atoms with Gasteiger partial charge in [-0.2, -0.15) is 0 Å². The SMILES string of the molecule is C[C@H]1Cc2ccccc2N1C(=O)COC(=O)c1cc(Br)ccc1O. The van der Waals surface area contributed by atoms with Crippen molar-refractivity contribution in [1.82, 2.24) is 0 Å². The number of nitrogens with zero attached hydrogens (tertiary/aromatic N) is 1. The minimum atomic E-state index is -0.734. The van der Waals surface area contributed by atoms with Crippen LogP contribution in [-0.2, 0) is 16.0 Å². The van der Waals surface area contributed by atoms with Gasteiger partial charge in [-0.1, -0.05) is 34.1 Å². The molecular formula is C18H16BrNO4. The van der Waals surface area contributed by atoms with E-state index in [0.717, 1.165) is 17.7 Å². The van der Waals surface area contributed by atoms with Gasteiger partial charge >= 0.3 is 5.97 Å². The lowest BCUT2D eigenvalue weighted by Gasteiger charge is -2.22. The number of esters is 1. The quantitative estimate of drug-likeness (QED) is 0.817. The fourth-order valence-corrected chi connectivity index (χ4v) is 3.25. The Morgan fingerprint density at radius 3 is 2.83 bits per heavy atom. The number of halogens is 1. The van der Waals surface area contributed by atoms with Gasteiger partial charge in [0.15, 0.2) is 6.61 Å². The van der Waals surface area contributed by atoms with Crippen molar-refractivity contribution in [3.05, 3.63) is 58.1 Å². The molecule has 6 heteroatoms. The summed E-state index contributed by atoms with van der Waals surface area (Å²) in [6, 6.07) is 12.2. The second-order valence-corrected chi connectivity index (χ2v) is 6.60. The van der Waals surface area contributed by atoms with Crippen molar-refractivity contribution >= 4 is 33.5 Å². The summed E-state index contributed by atoms with van der Waals surface area (Å²) in [4.78, 5) is 26.2. The molecule has 0 spiro atoms. The van der Waals surface area contributed by atoms with Crippen LogP contribution in [-0.4, -0.2) is 29.6 Å². The number of carbonyl (C=O) groups excluding carboxylic acids is 2. The summed E-state index contributed by atoms with van der Waals surface area (Å²) >= 11 is 3.23. The Labute approximate surface area is 148 Å². The average Bonchev–Trinajstić information content (AvgIpc) is 2.90. The van der Waals surface area contributed by atoms with Crippen LogP contribution >= 0.6 is 15.9 Å². The number of benzene rings is 2. The van der Waals surface area contributed by atoms with E-state index in [4.69, 9.17) is 4.74 Å². The first kappa shape index (κ1) is 16.5. The molecule has 1 heterocycles. The van der Waals surface area contributed by atoms with Gasteiger partial charge in [-0.15, -0.1) is 0 Å². The lowest BCUT2D eigenvalue weighted by Crippen LogP contribution is -2.38. The van der Waals surface area contributed by atoms with Gasteiger partial charge in [-0.05, 0) is 43.2 Å². The molecule has 1 aliphatic heterocycles. The molecule has 0 aromatic heterocycles. The summed E-state index contributed by atoms with van der Waals surface area (Å²) in [7, 11) is 0. The molecule has 24 heavy (non-hydrogen) atoms. The predicted molar refractivity (Wildman–Crippen MR) is 93.2 cm³/mol. The number of anilines is 1. The first-order valence-electron chi connectivity index (χ1n) is 7.53. The van der Waals surface area contributed by atoms with E-state index in [0.29, 0.717) is 4.47 Å². The van der Waals surface area contributed by atoms with E-state index in [1.807, 2.05) is 31.2 Å². The maximum atomic E-state index is 12.5. The number of ether oxygens (including phenoxy) is 1. The molecule has 5 nitrogen and oxygen atoms in total.